The van der Waals surface area contributed by atoms with E-state index in [0.29, 0.717) is 24.8 Å². The molecule has 20 heavy (non-hydrogen) atoms. The normalized spacial score (nSPS) is 15.8. The molecule has 1 fully saturated rings. The summed E-state index contributed by atoms with van der Waals surface area (Å²) in [6, 6.07) is 2.09. The molecule has 0 spiro atoms. The lowest BCUT2D eigenvalue weighted by molar-refractivity contribution is 0.134. The number of likely N-dealkylation sites (tertiary alicyclic amines) is 1. The fourth-order valence-electron chi connectivity index (χ4n) is 2.10. The second kappa shape index (κ2) is 6.27. The van der Waals surface area contributed by atoms with Gasteiger partial charge in [-0.2, -0.15) is 9.97 Å². The zero-order chi connectivity index (χ0) is 14.5. The highest BCUT2D eigenvalue weighted by molar-refractivity contribution is 5.65. The average molecular weight is 282 g/mol. The van der Waals surface area contributed by atoms with E-state index in [1.54, 1.807) is 6.07 Å². The van der Waals surface area contributed by atoms with E-state index in [0.717, 1.165) is 12.8 Å². The van der Waals surface area contributed by atoms with Gasteiger partial charge in [0.15, 0.2) is 0 Å². The third-order valence-electron chi connectivity index (χ3n) is 3.19. The molecule has 1 aromatic heterocycles. The van der Waals surface area contributed by atoms with Crippen molar-refractivity contribution in [2.75, 3.05) is 32.6 Å². The number of aromatic nitrogens is 2. The number of hydrogen-bond acceptors (Lipinski definition) is 6. The molecule has 8 nitrogen and oxygen atoms in total. The van der Waals surface area contributed by atoms with Crippen LogP contribution in [-0.2, 0) is 0 Å². The number of nitrogens with one attached hydrogen (secondary N) is 1. The molecule has 1 aromatic rings. The molecule has 0 atom stereocenters. The summed E-state index contributed by atoms with van der Waals surface area (Å²) in [4.78, 5) is 20.5. The first kappa shape index (κ1) is 14.2. The Morgan fingerprint density at radius 2 is 2.05 bits per heavy atom. The molecular formula is C12H18N4O4. The Morgan fingerprint density at radius 3 is 2.60 bits per heavy atom. The van der Waals surface area contributed by atoms with E-state index in [-0.39, 0.29) is 12.1 Å². The second-order valence-electron chi connectivity index (χ2n) is 4.47. The van der Waals surface area contributed by atoms with Crippen LogP contribution in [0.2, 0.25) is 0 Å². The van der Waals surface area contributed by atoms with Crippen molar-refractivity contribution in [1.82, 2.24) is 14.9 Å². The van der Waals surface area contributed by atoms with E-state index >= 15 is 0 Å². The number of nitrogens with zero attached hydrogens (tertiary/aromatic N) is 3. The molecule has 0 saturated carbocycles. The zero-order valence-electron chi connectivity index (χ0n) is 11.5. The van der Waals surface area contributed by atoms with Gasteiger partial charge >= 0.3 is 12.1 Å². The average Bonchev–Trinajstić information content (AvgIpc) is 2.47. The van der Waals surface area contributed by atoms with Crippen LogP contribution in [0.1, 0.15) is 12.8 Å². The van der Waals surface area contributed by atoms with Gasteiger partial charge in [0.25, 0.3) is 0 Å². The monoisotopic (exact) mass is 282 g/mol. The molecule has 1 aliphatic heterocycles. The van der Waals surface area contributed by atoms with Gasteiger partial charge in [0.1, 0.15) is 5.82 Å². The number of amides is 1. The van der Waals surface area contributed by atoms with Crippen molar-refractivity contribution in [3.05, 3.63) is 6.07 Å². The number of rotatable bonds is 4. The molecular weight excluding hydrogens is 264 g/mol. The molecule has 0 radical (unpaired) electrons. The predicted octanol–water partition coefficient (Wildman–Crippen LogP) is 1.05. The van der Waals surface area contributed by atoms with Crippen LogP contribution in [0, 0.1) is 0 Å². The highest BCUT2D eigenvalue weighted by atomic mass is 16.5. The lowest BCUT2D eigenvalue weighted by atomic mass is 10.1. The van der Waals surface area contributed by atoms with E-state index in [2.05, 4.69) is 15.3 Å². The fraction of sp³-hybridized carbons (Fsp3) is 0.583. The number of anilines is 1. The summed E-state index contributed by atoms with van der Waals surface area (Å²) in [5, 5.41) is 12.2. The maximum atomic E-state index is 10.8. The van der Waals surface area contributed by atoms with Gasteiger partial charge in [-0.3, -0.25) is 0 Å². The van der Waals surface area contributed by atoms with Crippen molar-refractivity contribution in [2.24, 2.45) is 0 Å². The standard InChI is InChI=1S/C12H18N4O4/c1-19-10-7-9(14-11(15-10)20-2)13-8-3-5-16(6-4-8)12(17)18/h7-8H,3-6H2,1-2H3,(H,17,18)(H,13,14,15). The quantitative estimate of drug-likeness (QED) is 0.851. The number of piperidine rings is 1. The minimum Gasteiger partial charge on any atom is -0.481 e. The van der Waals surface area contributed by atoms with Crippen LogP contribution in [0.15, 0.2) is 6.07 Å². The number of hydrogen-bond donors (Lipinski definition) is 2. The van der Waals surface area contributed by atoms with Crippen LogP contribution in [0.3, 0.4) is 0 Å². The molecule has 1 aliphatic rings. The Labute approximate surface area is 116 Å². The van der Waals surface area contributed by atoms with Crippen molar-refractivity contribution in [1.29, 1.82) is 0 Å². The molecule has 1 saturated heterocycles. The van der Waals surface area contributed by atoms with E-state index in [4.69, 9.17) is 14.6 Å². The summed E-state index contributed by atoms with van der Waals surface area (Å²) in [6.07, 6.45) is 0.607. The molecule has 1 amide bonds. The molecule has 8 heteroatoms. The molecule has 0 aliphatic carbocycles. The highest BCUT2D eigenvalue weighted by Gasteiger charge is 2.22. The van der Waals surface area contributed by atoms with E-state index < -0.39 is 6.09 Å². The van der Waals surface area contributed by atoms with Gasteiger partial charge in [0.05, 0.1) is 14.2 Å². The van der Waals surface area contributed by atoms with Crippen LogP contribution in [0.4, 0.5) is 10.6 Å². The van der Waals surface area contributed by atoms with Crippen LogP contribution in [0.5, 0.6) is 11.9 Å². The molecule has 0 aromatic carbocycles. The van der Waals surface area contributed by atoms with Gasteiger partial charge in [0, 0.05) is 25.2 Å². The Morgan fingerprint density at radius 1 is 1.35 bits per heavy atom. The Bertz CT molecular complexity index is 452. The van der Waals surface area contributed by atoms with Gasteiger partial charge in [-0.15, -0.1) is 0 Å². The van der Waals surface area contributed by atoms with E-state index in [1.807, 2.05) is 0 Å². The minimum absolute atomic E-state index is 0.176. The summed E-state index contributed by atoms with van der Waals surface area (Å²) in [5.41, 5.74) is 0. The Balaban J connectivity index is 1.98. The fourth-order valence-corrected chi connectivity index (χ4v) is 2.10. The number of ether oxygens (including phenoxy) is 2. The third-order valence-corrected chi connectivity index (χ3v) is 3.19. The Hall–Kier alpha value is -2.25. The Kier molecular flexibility index (Phi) is 4.44. The number of methoxy groups -OCH3 is 2. The highest BCUT2D eigenvalue weighted by Crippen LogP contribution is 2.20. The van der Waals surface area contributed by atoms with Crippen molar-refractivity contribution in [3.63, 3.8) is 0 Å². The van der Waals surface area contributed by atoms with Gasteiger partial charge in [-0.1, -0.05) is 0 Å². The molecule has 0 unspecified atom stereocenters. The van der Waals surface area contributed by atoms with Crippen LogP contribution >= 0.6 is 0 Å². The number of carbonyl (C=O) groups is 1. The minimum atomic E-state index is -0.867. The molecule has 110 valence electrons. The van der Waals surface area contributed by atoms with Gasteiger partial charge in [-0.05, 0) is 12.8 Å². The van der Waals surface area contributed by atoms with E-state index in [1.165, 1.54) is 19.1 Å². The number of carboxylic acid groups (broad SMARTS) is 1. The molecule has 2 rings (SSSR count). The summed E-state index contributed by atoms with van der Waals surface area (Å²) < 4.78 is 10.1. The summed E-state index contributed by atoms with van der Waals surface area (Å²) in [7, 11) is 3.01. The first-order valence-corrected chi connectivity index (χ1v) is 6.34. The largest absolute Gasteiger partial charge is 0.481 e. The molecule has 2 N–H and O–H groups in total. The summed E-state index contributed by atoms with van der Waals surface area (Å²) >= 11 is 0. The van der Waals surface area contributed by atoms with Gasteiger partial charge in [0.2, 0.25) is 5.88 Å². The van der Waals surface area contributed by atoms with Crippen LogP contribution < -0.4 is 14.8 Å². The lowest BCUT2D eigenvalue weighted by Crippen LogP contribution is -2.41. The topological polar surface area (TPSA) is 96.8 Å². The van der Waals surface area contributed by atoms with Crippen molar-refractivity contribution >= 4 is 11.9 Å². The SMILES string of the molecule is COc1cc(NC2CCN(C(=O)O)CC2)nc(OC)n1. The van der Waals surface area contributed by atoms with Crippen molar-refractivity contribution in [3.8, 4) is 11.9 Å². The van der Waals surface area contributed by atoms with Crippen LogP contribution in [-0.4, -0.2) is 59.4 Å². The van der Waals surface area contributed by atoms with Crippen LogP contribution in [0.25, 0.3) is 0 Å². The predicted molar refractivity (Wildman–Crippen MR) is 71.4 cm³/mol. The third kappa shape index (κ3) is 3.40. The van der Waals surface area contributed by atoms with E-state index in [9.17, 15) is 4.79 Å². The summed E-state index contributed by atoms with van der Waals surface area (Å²) in [6.45, 7) is 1.04. The first-order chi connectivity index (χ1) is 9.62. The first-order valence-electron chi connectivity index (χ1n) is 6.34. The second-order valence-corrected chi connectivity index (χ2v) is 4.47. The summed E-state index contributed by atoms with van der Waals surface area (Å²) in [5.74, 6) is 1.03. The lowest BCUT2D eigenvalue weighted by Gasteiger charge is -2.30. The molecule has 0 bridgehead atoms. The smallest absolute Gasteiger partial charge is 0.407 e. The van der Waals surface area contributed by atoms with Gasteiger partial charge < -0.3 is 24.8 Å². The maximum Gasteiger partial charge on any atom is 0.407 e. The maximum absolute atomic E-state index is 10.8. The zero-order valence-corrected chi connectivity index (χ0v) is 11.5. The van der Waals surface area contributed by atoms with Gasteiger partial charge in [-0.25, -0.2) is 4.79 Å². The molecule has 2 heterocycles. The van der Waals surface area contributed by atoms with Crippen molar-refractivity contribution < 1.29 is 19.4 Å². The van der Waals surface area contributed by atoms with Crippen molar-refractivity contribution in [2.45, 2.75) is 18.9 Å².